The summed E-state index contributed by atoms with van der Waals surface area (Å²) in [5.41, 5.74) is 1.47. The Hall–Kier alpha value is -2.48. The van der Waals surface area contributed by atoms with Crippen LogP contribution in [0, 0.1) is 17.0 Å². The zero-order valence-corrected chi connectivity index (χ0v) is 11.7. The topological polar surface area (TPSA) is 82.2 Å². The van der Waals surface area contributed by atoms with E-state index < -0.39 is 4.92 Å². The Morgan fingerprint density at radius 2 is 2.30 bits per heavy atom. The number of aromatic nitrogens is 2. The van der Waals surface area contributed by atoms with Crippen LogP contribution < -0.4 is 10.1 Å². The van der Waals surface area contributed by atoms with E-state index in [0.29, 0.717) is 16.5 Å². The fourth-order valence-corrected chi connectivity index (χ4v) is 1.80. The molecule has 0 amide bonds. The molecule has 1 N–H and O–H groups in total. The normalized spacial score (nSPS) is 10.1. The van der Waals surface area contributed by atoms with E-state index in [1.165, 1.54) is 23.9 Å². The SMILES string of the molecule is COc1cc([N+](=O)[O-])ccc1NC(=S)n1cc(C)cn1. The van der Waals surface area contributed by atoms with Crippen LogP contribution in [0.2, 0.25) is 0 Å². The Balaban J connectivity index is 2.25. The van der Waals surface area contributed by atoms with Crippen molar-refractivity contribution in [3.8, 4) is 5.75 Å². The van der Waals surface area contributed by atoms with Gasteiger partial charge in [0.05, 0.1) is 30.0 Å². The van der Waals surface area contributed by atoms with Crippen molar-refractivity contribution in [2.24, 2.45) is 0 Å². The monoisotopic (exact) mass is 292 g/mol. The van der Waals surface area contributed by atoms with Gasteiger partial charge in [-0.05, 0) is 30.8 Å². The van der Waals surface area contributed by atoms with Crippen LogP contribution in [0.25, 0.3) is 0 Å². The van der Waals surface area contributed by atoms with Gasteiger partial charge in [0.25, 0.3) is 5.69 Å². The van der Waals surface area contributed by atoms with Crippen LogP contribution in [-0.2, 0) is 0 Å². The molecule has 0 bridgehead atoms. The van der Waals surface area contributed by atoms with Crippen molar-refractivity contribution in [1.82, 2.24) is 9.78 Å². The molecule has 8 heteroatoms. The quantitative estimate of drug-likeness (QED) is 0.531. The van der Waals surface area contributed by atoms with Gasteiger partial charge in [0.1, 0.15) is 5.75 Å². The zero-order chi connectivity index (χ0) is 14.7. The number of benzene rings is 1. The molecular formula is C12H12N4O3S. The van der Waals surface area contributed by atoms with E-state index in [2.05, 4.69) is 10.4 Å². The molecule has 7 nitrogen and oxygen atoms in total. The number of hydrogen-bond donors (Lipinski definition) is 1. The van der Waals surface area contributed by atoms with Crippen molar-refractivity contribution in [2.45, 2.75) is 6.92 Å². The molecule has 0 atom stereocenters. The molecule has 0 aliphatic rings. The number of hydrogen-bond acceptors (Lipinski definition) is 5. The molecule has 20 heavy (non-hydrogen) atoms. The van der Waals surface area contributed by atoms with Crippen molar-refractivity contribution in [3.05, 3.63) is 46.3 Å². The first-order valence-electron chi connectivity index (χ1n) is 5.66. The predicted octanol–water partition coefficient (Wildman–Crippen LogP) is 2.35. The van der Waals surface area contributed by atoms with E-state index in [0.717, 1.165) is 5.56 Å². The van der Waals surface area contributed by atoms with Gasteiger partial charge in [0.2, 0.25) is 0 Å². The van der Waals surface area contributed by atoms with E-state index in [9.17, 15) is 10.1 Å². The van der Waals surface area contributed by atoms with Gasteiger partial charge in [0, 0.05) is 12.3 Å². The second kappa shape index (κ2) is 5.66. The molecule has 0 aliphatic heterocycles. The number of non-ortho nitro benzene ring substituents is 1. The summed E-state index contributed by atoms with van der Waals surface area (Å²) in [6.07, 6.45) is 3.45. The molecule has 0 saturated carbocycles. The van der Waals surface area contributed by atoms with E-state index >= 15 is 0 Å². The fourth-order valence-electron chi connectivity index (χ4n) is 1.59. The van der Waals surface area contributed by atoms with E-state index in [4.69, 9.17) is 17.0 Å². The first kappa shape index (κ1) is 13.9. The first-order valence-corrected chi connectivity index (χ1v) is 6.07. The van der Waals surface area contributed by atoms with Crippen LogP contribution in [0.5, 0.6) is 5.75 Å². The molecule has 104 valence electrons. The standard InChI is InChI=1S/C12H12N4O3S/c1-8-6-13-15(7-8)12(20)14-10-4-3-9(16(17)18)5-11(10)19-2/h3-7H,1-2H3,(H,14,20). The predicted molar refractivity (Wildman–Crippen MR) is 78.2 cm³/mol. The molecule has 2 aromatic rings. The van der Waals surface area contributed by atoms with Crippen molar-refractivity contribution in [3.63, 3.8) is 0 Å². The maximum atomic E-state index is 10.7. The molecule has 1 heterocycles. The number of rotatable bonds is 3. The highest BCUT2D eigenvalue weighted by Crippen LogP contribution is 2.29. The lowest BCUT2D eigenvalue weighted by molar-refractivity contribution is -0.384. The Kier molecular flexibility index (Phi) is 3.94. The van der Waals surface area contributed by atoms with Gasteiger partial charge in [-0.3, -0.25) is 10.1 Å². The first-order chi connectivity index (χ1) is 9.51. The molecule has 2 rings (SSSR count). The van der Waals surface area contributed by atoms with Gasteiger partial charge >= 0.3 is 0 Å². The number of methoxy groups -OCH3 is 1. The molecule has 0 aliphatic carbocycles. The van der Waals surface area contributed by atoms with Crippen LogP contribution >= 0.6 is 12.2 Å². The van der Waals surface area contributed by atoms with E-state index in [1.54, 1.807) is 18.5 Å². The van der Waals surface area contributed by atoms with Gasteiger partial charge in [-0.1, -0.05) is 0 Å². The van der Waals surface area contributed by atoms with Crippen LogP contribution in [0.15, 0.2) is 30.6 Å². The van der Waals surface area contributed by atoms with Crippen molar-refractivity contribution >= 4 is 28.7 Å². The molecule has 0 saturated heterocycles. The molecule has 0 fully saturated rings. The Morgan fingerprint density at radius 3 is 2.85 bits per heavy atom. The molecule has 0 radical (unpaired) electrons. The van der Waals surface area contributed by atoms with Gasteiger partial charge in [-0.25, -0.2) is 4.68 Å². The lowest BCUT2D eigenvalue weighted by Gasteiger charge is -2.11. The second-order valence-electron chi connectivity index (χ2n) is 4.03. The number of anilines is 1. The van der Waals surface area contributed by atoms with Gasteiger partial charge in [0.15, 0.2) is 5.11 Å². The maximum absolute atomic E-state index is 10.7. The number of thiocarbonyl (C=S) groups is 1. The zero-order valence-electron chi connectivity index (χ0n) is 10.9. The minimum absolute atomic E-state index is 0.0479. The van der Waals surface area contributed by atoms with Crippen LogP contribution in [0.4, 0.5) is 11.4 Å². The van der Waals surface area contributed by atoms with Crippen molar-refractivity contribution in [1.29, 1.82) is 0 Å². The number of nitrogens with one attached hydrogen (secondary N) is 1. The Bertz CT molecular complexity index is 668. The number of aryl methyl sites for hydroxylation is 1. The molecular weight excluding hydrogens is 280 g/mol. The van der Waals surface area contributed by atoms with Gasteiger partial charge in [-0.2, -0.15) is 5.10 Å². The fraction of sp³-hybridized carbons (Fsp3) is 0.167. The highest BCUT2D eigenvalue weighted by molar-refractivity contribution is 7.80. The third kappa shape index (κ3) is 2.91. The van der Waals surface area contributed by atoms with Crippen molar-refractivity contribution in [2.75, 3.05) is 12.4 Å². The highest BCUT2D eigenvalue weighted by Gasteiger charge is 2.12. The minimum atomic E-state index is -0.485. The molecule has 0 spiro atoms. The molecule has 1 aromatic carbocycles. The Labute approximate surface area is 120 Å². The largest absolute Gasteiger partial charge is 0.494 e. The number of nitro groups is 1. The number of nitro benzene ring substituents is 1. The summed E-state index contributed by atoms with van der Waals surface area (Å²) in [5, 5.41) is 18.1. The minimum Gasteiger partial charge on any atom is -0.494 e. The molecule has 1 aromatic heterocycles. The Morgan fingerprint density at radius 1 is 1.55 bits per heavy atom. The summed E-state index contributed by atoms with van der Waals surface area (Å²) in [6, 6.07) is 4.25. The number of nitrogens with zero attached hydrogens (tertiary/aromatic N) is 3. The van der Waals surface area contributed by atoms with E-state index in [1.807, 2.05) is 6.92 Å². The number of ether oxygens (including phenoxy) is 1. The average molecular weight is 292 g/mol. The summed E-state index contributed by atoms with van der Waals surface area (Å²) < 4.78 is 6.63. The maximum Gasteiger partial charge on any atom is 0.273 e. The average Bonchev–Trinajstić information content (AvgIpc) is 2.85. The summed E-state index contributed by atoms with van der Waals surface area (Å²) >= 11 is 5.21. The van der Waals surface area contributed by atoms with Crippen LogP contribution in [0.3, 0.4) is 0 Å². The third-order valence-corrected chi connectivity index (χ3v) is 2.85. The summed E-state index contributed by atoms with van der Waals surface area (Å²) in [4.78, 5) is 10.2. The lowest BCUT2D eigenvalue weighted by Crippen LogP contribution is -2.19. The lowest BCUT2D eigenvalue weighted by atomic mass is 10.2. The highest BCUT2D eigenvalue weighted by atomic mass is 32.1. The van der Waals surface area contributed by atoms with Crippen LogP contribution in [0.1, 0.15) is 5.56 Å². The summed E-state index contributed by atoms with van der Waals surface area (Å²) in [7, 11) is 1.44. The summed E-state index contributed by atoms with van der Waals surface area (Å²) in [5.74, 6) is 0.338. The second-order valence-corrected chi connectivity index (χ2v) is 4.42. The van der Waals surface area contributed by atoms with Crippen LogP contribution in [-0.4, -0.2) is 26.9 Å². The third-order valence-electron chi connectivity index (χ3n) is 2.56. The van der Waals surface area contributed by atoms with Gasteiger partial charge < -0.3 is 10.1 Å². The van der Waals surface area contributed by atoms with E-state index in [-0.39, 0.29) is 5.69 Å². The summed E-state index contributed by atoms with van der Waals surface area (Å²) in [6.45, 7) is 1.90. The molecule has 0 unspecified atom stereocenters. The smallest absolute Gasteiger partial charge is 0.273 e. The van der Waals surface area contributed by atoms with Gasteiger partial charge in [-0.15, -0.1) is 0 Å². The van der Waals surface area contributed by atoms with Crippen molar-refractivity contribution < 1.29 is 9.66 Å².